The molecule has 0 aliphatic rings. The van der Waals surface area contributed by atoms with E-state index >= 15 is 0 Å². The van der Waals surface area contributed by atoms with Crippen LogP contribution in [-0.4, -0.2) is 50.3 Å². The van der Waals surface area contributed by atoms with Crippen LogP contribution in [0.2, 0.25) is 0 Å². The van der Waals surface area contributed by atoms with Crippen molar-refractivity contribution in [1.82, 2.24) is 4.90 Å². The highest BCUT2D eigenvalue weighted by molar-refractivity contribution is 9.10. The van der Waals surface area contributed by atoms with Crippen LogP contribution < -0.4 is 9.47 Å². The van der Waals surface area contributed by atoms with Crippen LogP contribution in [0.3, 0.4) is 0 Å². The van der Waals surface area contributed by atoms with Gasteiger partial charge in [-0.15, -0.1) is 0 Å². The number of likely N-dealkylation sites (N-methyl/N-ethyl adjacent to an activating group) is 1. The van der Waals surface area contributed by atoms with Crippen molar-refractivity contribution in [3.05, 3.63) is 27.7 Å². The van der Waals surface area contributed by atoms with Crippen molar-refractivity contribution >= 4 is 28.0 Å². The molecule has 0 saturated carbocycles. The van der Waals surface area contributed by atoms with Gasteiger partial charge in [-0.05, 0) is 53.8 Å². The minimum atomic E-state index is -1.27. The Kier molecular flexibility index (Phi) is 6.89. The molecule has 1 aromatic carbocycles. The first kappa shape index (κ1) is 18.0. The Morgan fingerprint density at radius 3 is 2.68 bits per heavy atom. The van der Waals surface area contributed by atoms with Crippen LogP contribution in [0, 0.1) is 11.3 Å². The third-order valence-electron chi connectivity index (χ3n) is 2.70. The number of carboxylic acids is 1. The lowest BCUT2D eigenvalue weighted by Gasteiger charge is -2.15. The molecule has 0 radical (unpaired) electrons. The van der Waals surface area contributed by atoms with E-state index in [4.69, 9.17) is 19.8 Å². The van der Waals surface area contributed by atoms with Gasteiger partial charge in [-0.3, -0.25) is 0 Å². The van der Waals surface area contributed by atoms with Gasteiger partial charge in [0.05, 0.1) is 11.6 Å². The van der Waals surface area contributed by atoms with Crippen molar-refractivity contribution < 1.29 is 19.4 Å². The number of methoxy groups -OCH3 is 1. The first-order valence-corrected chi connectivity index (χ1v) is 7.18. The van der Waals surface area contributed by atoms with Crippen LogP contribution in [-0.2, 0) is 4.79 Å². The van der Waals surface area contributed by atoms with E-state index in [1.54, 1.807) is 18.2 Å². The third kappa shape index (κ3) is 5.06. The molecule has 0 spiro atoms. The van der Waals surface area contributed by atoms with E-state index in [0.29, 0.717) is 28.1 Å². The van der Waals surface area contributed by atoms with E-state index in [-0.39, 0.29) is 5.57 Å². The van der Waals surface area contributed by atoms with Gasteiger partial charge in [-0.2, -0.15) is 5.26 Å². The number of halogens is 1. The standard InChI is InChI=1S/C15H17BrN2O4/c1-18(2)4-5-22-14-12(16)7-10(8-13(14)21-3)6-11(9-17)15(19)20/h6-8H,4-5H2,1-3H3,(H,19,20). The molecule has 22 heavy (non-hydrogen) atoms. The molecule has 0 fully saturated rings. The zero-order valence-electron chi connectivity index (χ0n) is 12.6. The maximum Gasteiger partial charge on any atom is 0.346 e. The second-order valence-corrected chi connectivity index (χ2v) is 5.52. The summed E-state index contributed by atoms with van der Waals surface area (Å²) in [5.41, 5.74) is 0.179. The maximum absolute atomic E-state index is 10.9. The summed E-state index contributed by atoms with van der Waals surface area (Å²) in [7, 11) is 5.38. The maximum atomic E-state index is 10.9. The van der Waals surface area contributed by atoms with Crippen LogP contribution in [0.1, 0.15) is 5.56 Å². The van der Waals surface area contributed by atoms with Gasteiger partial charge in [-0.1, -0.05) is 0 Å². The number of nitriles is 1. The lowest BCUT2D eigenvalue weighted by molar-refractivity contribution is -0.132. The number of carboxylic acid groups (broad SMARTS) is 1. The van der Waals surface area contributed by atoms with Gasteiger partial charge in [0.25, 0.3) is 0 Å². The van der Waals surface area contributed by atoms with Crippen molar-refractivity contribution in [3.63, 3.8) is 0 Å². The van der Waals surface area contributed by atoms with E-state index in [2.05, 4.69) is 15.9 Å². The molecule has 0 amide bonds. The van der Waals surface area contributed by atoms with Crippen LogP contribution in [0.25, 0.3) is 6.08 Å². The van der Waals surface area contributed by atoms with Gasteiger partial charge >= 0.3 is 5.97 Å². The van der Waals surface area contributed by atoms with E-state index in [1.807, 2.05) is 19.0 Å². The van der Waals surface area contributed by atoms with E-state index in [0.717, 1.165) is 6.54 Å². The van der Waals surface area contributed by atoms with E-state index < -0.39 is 5.97 Å². The Labute approximate surface area is 137 Å². The Morgan fingerprint density at radius 1 is 1.50 bits per heavy atom. The van der Waals surface area contributed by atoms with Crippen LogP contribution in [0.5, 0.6) is 11.5 Å². The van der Waals surface area contributed by atoms with Gasteiger partial charge in [0.2, 0.25) is 0 Å². The normalized spacial score (nSPS) is 11.2. The zero-order valence-corrected chi connectivity index (χ0v) is 14.2. The van der Waals surface area contributed by atoms with Crippen LogP contribution in [0.4, 0.5) is 0 Å². The number of hydrogen-bond donors (Lipinski definition) is 1. The minimum absolute atomic E-state index is 0.352. The monoisotopic (exact) mass is 368 g/mol. The summed E-state index contributed by atoms with van der Waals surface area (Å²) in [4.78, 5) is 12.9. The summed E-state index contributed by atoms with van der Waals surface area (Å²) in [6, 6.07) is 4.93. The fourth-order valence-electron chi connectivity index (χ4n) is 1.60. The second kappa shape index (κ2) is 8.41. The molecule has 0 aliphatic carbocycles. The van der Waals surface area contributed by atoms with Gasteiger partial charge in [0.1, 0.15) is 18.2 Å². The molecule has 0 unspecified atom stereocenters. The van der Waals surface area contributed by atoms with Crippen molar-refractivity contribution in [2.75, 3.05) is 34.4 Å². The van der Waals surface area contributed by atoms with Crippen LogP contribution >= 0.6 is 15.9 Å². The average molecular weight is 369 g/mol. The number of aliphatic carboxylic acids is 1. The number of ether oxygens (including phenoxy) is 2. The molecule has 1 aromatic rings. The quantitative estimate of drug-likeness (QED) is 0.587. The summed E-state index contributed by atoms with van der Waals surface area (Å²) in [5, 5.41) is 17.7. The molecule has 0 atom stereocenters. The Morgan fingerprint density at radius 2 is 2.18 bits per heavy atom. The fraction of sp³-hybridized carbons (Fsp3) is 0.333. The summed E-state index contributed by atoms with van der Waals surface area (Å²) >= 11 is 3.38. The number of rotatable bonds is 7. The zero-order chi connectivity index (χ0) is 16.7. The minimum Gasteiger partial charge on any atom is -0.493 e. The molecule has 0 aliphatic heterocycles. The van der Waals surface area contributed by atoms with Crippen molar-refractivity contribution in [1.29, 1.82) is 5.26 Å². The summed E-state index contributed by atoms with van der Waals surface area (Å²) in [5.74, 6) is -0.277. The molecular weight excluding hydrogens is 352 g/mol. The number of hydrogen-bond acceptors (Lipinski definition) is 5. The molecule has 7 heteroatoms. The highest BCUT2D eigenvalue weighted by Crippen LogP contribution is 2.37. The highest BCUT2D eigenvalue weighted by Gasteiger charge is 2.13. The molecule has 0 aromatic heterocycles. The van der Waals surface area contributed by atoms with E-state index in [1.165, 1.54) is 13.2 Å². The molecule has 0 heterocycles. The molecule has 1 rings (SSSR count). The topological polar surface area (TPSA) is 82.8 Å². The predicted molar refractivity (Wildman–Crippen MR) is 86.0 cm³/mol. The van der Waals surface area contributed by atoms with Gasteiger partial charge in [-0.25, -0.2) is 4.79 Å². The van der Waals surface area contributed by atoms with Gasteiger partial charge < -0.3 is 19.5 Å². The highest BCUT2D eigenvalue weighted by atomic mass is 79.9. The van der Waals surface area contributed by atoms with Gasteiger partial charge in [0.15, 0.2) is 11.5 Å². The fourth-order valence-corrected chi connectivity index (χ4v) is 2.18. The van der Waals surface area contributed by atoms with E-state index in [9.17, 15) is 4.79 Å². The first-order chi connectivity index (χ1) is 10.4. The summed E-state index contributed by atoms with van der Waals surface area (Å²) in [6.45, 7) is 1.23. The first-order valence-electron chi connectivity index (χ1n) is 6.39. The predicted octanol–water partition coefficient (Wildman–Crippen LogP) is 2.39. The number of carbonyl (C=O) groups is 1. The lowest BCUT2D eigenvalue weighted by atomic mass is 10.1. The average Bonchev–Trinajstić information content (AvgIpc) is 2.45. The smallest absolute Gasteiger partial charge is 0.346 e. The van der Waals surface area contributed by atoms with Crippen molar-refractivity contribution in [2.24, 2.45) is 0 Å². The largest absolute Gasteiger partial charge is 0.493 e. The van der Waals surface area contributed by atoms with Crippen LogP contribution in [0.15, 0.2) is 22.2 Å². The summed E-state index contributed by atoms with van der Waals surface area (Å²) in [6.07, 6.45) is 1.28. The number of nitrogens with zero attached hydrogens (tertiary/aromatic N) is 2. The van der Waals surface area contributed by atoms with Gasteiger partial charge in [0, 0.05) is 6.54 Å². The Balaban J connectivity index is 3.10. The SMILES string of the molecule is COc1cc(C=C(C#N)C(=O)O)cc(Br)c1OCCN(C)C. The molecule has 6 nitrogen and oxygen atoms in total. The Hall–Kier alpha value is -2.04. The molecular formula is C15H17BrN2O4. The second-order valence-electron chi connectivity index (χ2n) is 4.66. The molecule has 0 saturated heterocycles. The third-order valence-corrected chi connectivity index (χ3v) is 3.29. The Bertz CT molecular complexity index is 621. The van der Waals surface area contributed by atoms with Crippen molar-refractivity contribution in [2.45, 2.75) is 0 Å². The molecule has 1 N–H and O–H groups in total. The molecule has 0 bridgehead atoms. The van der Waals surface area contributed by atoms with Crippen molar-refractivity contribution in [3.8, 4) is 17.6 Å². The summed E-state index contributed by atoms with van der Waals surface area (Å²) < 4.78 is 11.6. The molecule has 118 valence electrons. The number of benzene rings is 1. The lowest BCUT2D eigenvalue weighted by Crippen LogP contribution is -2.19.